The summed E-state index contributed by atoms with van der Waals surface area (Å²) in [5.41, 5.74) is 1.91. The van der Waals surface area contributed by atoms with E-state index < -0.39 is 6.16 Å². The molecule has 6 heteroatoms. The number of rotatable bonds is 4. The van der Waals surface area contributed by atoms with Crippen LogP contribution in [-0.2, 0) is 11.3 Å². The Morgan fingerprint density at radius 2 is 2.20 bits per heavy atom. The Morgan fingerprint density at radius 1 is 1.45 bits per heavy atom. The second kappa shape index (κ2) is 5.64. The van der Waals surface area contributed by atoms with Gasteiger partial charge in [-0.25, -0.2) is 4.79 Å². The second-order valence-corrected chi connectivity index (χ2v) is 4.27. The van der Waals surface area contributed by atoms with Crippen LogP contribution in [0.1, 0.15) is 27.4 Å². The van der Waals surface area contributed by atoms with Gasteiger partial charge in [-0.15, -0.1) is 0 Å². The van der Waals surface area contributed by atoms with Gasteiger partial charge in [-0.05, 0) is 31.5 Å². The van der Waals surface area contributed by atoms with Crippen LogP contribution in [0, 0.1) is 13.8 Å². The third-order valence-corrected chi connectivity index (χ3v) is 3.19. The van der Waals surface area contributed by atoms with Crippen molar-refractivity contribution in [1.29, 1.82) is 0 Å². The lowest BCUT2D eigenvalue weighted by Crippen LogP contribution is -2.13. The molecule has 0 aromatic carbocycles. The quantitative estimate of drug-likeness (QED) is 0.634. The minimum Gasteiger partial charge on any atom is -0.467 e. The molecule has 0 unspecified atom stereocenters. The zero-order valence-corrected chi connectivity index (χ0v) is 11.5. The standard InChI is InChI=1S/C14H15NO5/c1-9-10(2)15(7-11-5-4-6-19-11)13(12(9)8-16)20-14(17)18-3/h4-6,8H,7H2,1-3H3. The summed E-state index contributed by atoms with van der Waals surface area (Å²) in [6, 6.07) is 3.57. The van der Waals surface area contributed by atoms with Gasteiger partial charge in [0, 0.05) is 5.69 Å². The van der Waals surface area contributed by atoms with Gasteiger partial charge in [-0.3, -0.25) is 4.79 Å². The van der Waals surface area contributed by atoms with Gasteiger partial charge in [0.1, 0.15) is 5.76 Å². The lowest BCUT2D eigenvalue weighted by Gasteiger charge is -2.10. The largest absolute Gasteiger partial charge is 0.514 e. The lowest BCUT2D eigenvalue weighted by atomic mass is 10.2. The number of hydrogen-bond donors (Lipinski definition) is 0. The van der Waals surface area contributed by atoms with Gasteiger partial charge in [-0.2, -0.15) is 0 Å². The van der Waals surface area contributed by atoms with Crippen molar-refractivity contribution in [3.8, 4) is 5.88 Å². The molecule has 2 heterocycles. The van der Waals surface area contributed by atoms with Crippen molar-refractivity contribution < 1.29 is 23.5 Å². The molecular weight excluding hydrogens is 262 g/mol. The topological polar surface area (TPSA) is 70.7 Å². The van der Waals surface area contributed by atoms with Crippen LogP contribution in [-0.4, -0.2) is 24.1 Å². The molecule has 0 saturated heterocycles. The van der Waals surface area contributed by atoms with Crippen LogP contribution in [0.5, 0.6) is 5.88 Å². The van der Waals surface area contributed by atoms with Gasteiger partial charge >= 0.3 is 6.16 Å². The van der Waals surface area contributed by atoms with Crippen molar-refractivity contribution in [3.63, 3.8) is 0 Å². The molecule has 106 valence electrons. The van der Waals surface area contributed by atoms with E-state index in [0.717, 1.165) is 11.3 Å². The average molecular weight is 277 g/mol. The summed E-state index contributed by atoms with van der Waals surface area (Å²) in [5, 5.41) is 0. The molecule has 0 aliphatic carbocycles. The van der Waals surface area contributed by atoms with Crippen molar-refractivity contribution in [3.05, 3.63) is 41.0 Å². The fraction of sp³-hybridized carbons (Fsp3) is 0.286. The molecule has 0 amide bonds. The number of ether oxygens (including phenoxy) is 2. The average Bonchev–Trinajstić information content (AvgIpc) is 3.02. The molecule has 2 aromatic rings. The Kier molecular flexibility index (Phi) is 3.93. The van der Waals surface area contributed by atoms with E-state index >= 15 is 0 Å². The fourth-order valence-electron chi connectivity index (χ4n) is 1.97. The van der Waals surface area contributed by atoms with Crippen LogP contribution in [0.25, 0.3) is 0 Å². The highest BCUT2D eigenvalue weighted by Crippen LogP contribution is 2.29. The summed E-state index contributed by atoms with van der Waals surface area (Å²) >= 11 is 0. The Morgan fingerprint density at radius 3 is 2.75 bits per heavy atom. The molecule has 20 heavy (non-hydrogen) atoms. The fourth-order valence-corrected chi connectivity index (χ4v) is 1.97. The summed E-state index contributed by atoms with van der Waals surface area (Å²) in [6.45, 7) is 4.00. The second-order valence-electron chi connectivity index (χ2n) is 4.27. The van der Waals surface area contributed by atoms with Gasteiger partial charge in [0.05, 0.1) is 25.5 Å². The number of hydrogen-bond acceptors (Lipinski definition) is 5. The van der Waals surface area contributed by atoms with Crippen molar-refractivity contribution in [1.82, 2.24) is 4.57 Å². The SMILES string of the molecule is COC(=O)Oc1c(C=O)c(C)c(C)n1Cc1ccco1. The molecular formula is C14H15NO5. The van der Waals surface area contributed by atoms with Gasteiger partial charge < -0.3 is 18.5 Å². The zero-order chi connectivity index (χ0) is 14.7. The van der Waals surface area contributed by atoms with Gasteiger partial charge in [-0.1, -0.05) is 0 Å². The Bertz CT molecular complexity index is 625. The number of carbonyl (C=O) groups excluding carboxylic acids is 2. The molecule has 0 saturated carbocycles. The van der Waals surface area contributed by atoms with E-state index in [1.807, 2.05) is 6.92 Å². The van der Waals surface area contributed by atoms with Crippen LogP contribution in [0.4, 0.5) is 4.79 Å². The Labute approximate surface area is 115 Å². The highest BCUT2D eigenvalue weighted by molar-refractivity contribution is 5.83. The third kappa shape index (κ3) is 2.45. The molecule has 2 rings (SSSR count). The summed E-state index contributed by atoms with van der Waals surface area (Å²) in [7, 11) is 1.21. The minimum absolute atomic E-state index is 0.165. The maximum atomic E-state index is 11.3. The van der Waals surface area contributed by atoms with E-state index in [-0.39, 0.29) is 5.88 Å². The first kappa shape index (κ1) is 13.9. The molecule has 0 aliphatic rings. The molecule has 0 aliphatic heterocycles. The summed E-state index contributed by atoms with van der Waals surface area (Å²) in [5.74, 6) is 0.855. The number of aldehydes is 1. The maximum Gasteiger partial charge on any atom is 0.514 e. The number of methoxy groups -OCH3 is 1. The van der Waals surface area contributed by atoms with E-state index in [0.29, 0.717) is 24.2 Å². The first-order valence-corrected chi connectivity index (χ1v) is 6.01. The predicted molar refractivity (Wildman–Crippen MR) is 70.1 cm³/mol. The van der Waals surface area contributed by atoms with Crippen molar-refractivity contribution in [2.75, 3.05) is 7.11 Å². The van der Waals surface area contributed by atoms with Crippen molar-refractivity contribution in [2.24, 2.45) is 0 Å². The van der Waals surface area contributed by atoms with Crippen molar-refractivity contribution in [2.45, 2.75) is 20.4 Å². The normalized spacial score (nSPS) is 10.3. The van der Waals surface area contributed by atoms with E-state index in [4.69, 9.17) is 9.15 Å². The third-order valence-electron chi connectivity index (χ3n) is 3.19. The molecule has 0 bridgehead atoms. The number of nitrogens with zero attached hydrogens (tertiary/aromatic N) is 1. The van der Waals surface area contributed by atoms with Gasteiger partial charge in [0.25, 0.3) is 0 Å². The van der Waals surface area contributed by atoms with Gasteiger partial charge in [0.15, 0.2) is 6.29 Å². The number of furan rings is 1. The maximum absolute atomic E-state index is 11.3. The summed E-state index contributed by atoms with van der Waals surface area (Å²) in [4.78, 5) is 22.5. The molecule has 2 aromatic heterocycles. The van der Waals surface area contributed by atoms with Crippen LogP contribution in [0.15, 0.2) is 22.8 Å². The summed E-state index contributed by atoms with van der Waals surface area (Å²) in [6.07, 6.45) is 1.35. The first-order valence-electron chi connectivity index (χ1n) is 6.01. The number of carbonyl (C=O) groups is 2. The van der Waals surface area contributed by atoms with Crippen LogP contribution in [0.3, 0.4) is 0 Å². The van der Waals surface area contributed by atoms with Gasteiger partial charge in [0.2, 0.25) is 5.88 Å². The van der Waals surface area contributed by atoms with E-state index in [2.05, 4.69) is 4.74 Å². The van der Waals surface area contributed by atoms with E-state index in [9.17, 15) is 9.59 Å². The molecule has 0 N–H and O–H groups in total. The molecule has 0 radical (unpaired) electrons. The van der Waals surface area contributed by atoms with E-state index in [1.54, 1.807) is 29.9 Å². The molecule has 6 nitrogen and oxygen atoms in total. The zero-order valence-electron chi connectivity index (χ0n) is 11.5. The molecule has 0 fully saturated rings. The minimum atomic E-state index is -0.869. The van der Waals surface area contributed by atoms with Crippen LogP contribution >= 0.6 is 0 Å². The van der Waals surface area contributed by atoms with Crippen LogP contribution < -0.4 is 4.74 Å². The smallest absolute Gasteiger partial charge is 0.467 e. The Hall–Kier alpha value is -2.50. The monoisotopic (exact) mass is 277 g/mol. The highest BCUT2D eigenvalue weighted by Gasteiger charge is 2.22. The molecule has 0 atom stereocenters. The lowest BCUT2D eigenvalue weighted by molar-refractivity contribution is 0.110. The Balaban J connectivity index is 2.47. The predicted octanol–water partition coefficient (Wildman–Crippen LogP) is 2.70. The van der Waals surface area contributed by atoms with E-state index in [1.165, 1.54) is 7.11 Å². The molecule has 0 spiro atoms. The number of aromatic nitrogens is 1. The summed E-state index contributed by atoms with van der Waals surface area (Å²) < 4.78 is 16.6. The first-order chi connectivity index (χ1) is 9.58. The van der Waals surface area contributed by atoms with Crippen LogP contribution in [0.2, 0.25) is 0 Å². The van der Waals surface area contributed by atoms with Crippen molar-refractivity contribution >= 4 is 12.4 Å². The highest BCUT2D eigenvalue weighted by atomic mass is 16.7.